The van der Waals surface area contributed by atoms with Crippen LogP contribution >= 0.6 is 0 Å². The number of hydrogen-bond acceptors (Lipinski definition) is 9. The maximum absolute atomic E-state index is 10.7. The van der Waals surface area contributed by atoms with E-state index in [-0.39, 0.29) is 17.3 Å². The summed E-state index contributed by atoms with van der Waals surface area (Å²) < 4.78 is 10.5. The lowest BCUT2D eigenvalue weighted by Crippen LogP contribution is -2.04. The van der Waals surface area contributed by atoms with E-state index in [1.54, 1.807) is 49.7 Å². The second-order valence-electron chi connectivity index (χ2n) is 5.66. The summed E-state index contributed by atoms with van der Waals surface area (Å²) in [6.07, 6.45) is 2.70. The van der Waals surface area contributed by atoms with Gasteiger partial charge in [-0.05, 0) is 30.3 Å². The minimum Gasteiger partial charge on any atom is -0.497 e. The number of pyridine rings is 2. The number of aromatic nitrogens is 2. The lowest BCUT2D eigenvalue weighted by atomic mass is 10.3. The Balaban J connectivity index is 1.91. The van der Waals surface area contributed by atoms with Crippen LogP contribution in [0.15, 0.2) is 76.3 Å². The Labute approximate surface area is 171 Å². The Morgan fingerprint density at radius 1 is 1.10 bits per heavy atom. The van der Waals surface area contributed by atoms with Gasteiger partial charge < -0.3 is 9.47 Å². The molecule has 0 spiro atoms. The van der Waals surface area contributed by atoms with Gasteiger partial charge in [-0.3, -0.25) is 20.5 Å². The third kappa shape index (κ3) is 5.10. The quantitative estimate of drug-likeness (QED) is 0.206. The molecule has 0 bridgehead atoms. The number of hydrazone groups is 1. The SMILES string of the molecule is COc1ccc(OC)c(NN=C(N=Nc2ccc([N+](=O)[O-])cn2)c2ccccn2)c1. The Kier molecular flexibility index (Phi) is 6.56. The Bertz CT molecular complexity index is 1070. The number of nitro groups is 1. The number of methoxy groups -OCH3 is 2. The van der Waals surface area contributed by atoms with Crippen LogP contribution in [0.5, 0.6) is 11.5 Å². The molecule has 1 aromatic carbocycles. The topological polar surface area (TPSA) is 136 Å². The zero-order chi connectivity index (χ0) is 21.3. The summed E-state index contributed by atoms with van der Waals surface area (Å²) in [4.78, 5) is 18.3. The van der Waals surface area contributed by atoms with Gasteiger partial charge in [0, 0.05) is 18.3 Å². The number of anilines is 1. The first-order valence-electron chi connectivity index (χ1n) is 8.60. The van der Waals surface area contributed by atoms with Gasteiger partial charge in [-0.15, -0.1) is 10.2 Å². The van der Waals surface area contributed by atoms with Crippen LogP contribution in [0.2, 0.25) is 0 Å². The number of rotatable bonds is 7. The largest absolute Gasteiger partial charge is 0.497 e. The van der Waals surface area contributed by atoms with E-state index in [0.717, 1.165) is 6.20 Å². The minimum absolute atomic E-state index is 0.139. The van der Waals surface area contributed by atoms with E-state index in [2.05, 4.69) is 30.7 Å². The molecule has 2 aromatic heterocycles. The molecule has 0 radical (unpaired) electrons. The standard InChI is InChI=1S/C19H17N7O4/c1-29-14-7-8-17(30-2)16(11-14)22-24-19(15-5-3-4-10-20-15)25-23-18-9-6-13(12-21-18)26(27)28/h3-12,22H,1-2H3. The van der Waals surface area contributed by atoms with Crippen molar-refractivity contribution < 1.29 is 14.4 Å². The van der Waals surface area contributed by atoms with Gasteiger partial charge in [-0.2, -0.15) is 5.10 Å². The molecule has 3 rings (SSSR count). The van der Waals surface area contributed by atoms with Crippen LogP contribution in [0.3, 0.4) is 0 Å². The van der Waals surface area contributed by atoms with E-state index < -0.39 is 4.92 Å². The minimum atomic E-state index is -0.542. The number of hydrogen-bond donors (Lipinski definition) is 1. The highest BCUT2D eigenvalue weighted by molar-refractivity contribution is 5.98. The highest BCUT2D eigenvalue weighted by Crippen LogP contribution is 2.29. The van der Waals surface area contributed by atoms with E-state index in [9.17, 15) is 10.1 Å². The first kappa shape index (κ1) is 20.3. The second kappa shape index (κ2) is 9.68. The van der Waals surface area contributed by atoms with E-state index in [0.29, 0.717) is 22.9 Å². The van der Waals surface area contributed by atoms with Crippen LogP contribution in [0.25, 0.3) is 0 Å². The molecule has 0 atom stereocenters. The summed E-state index contributed by atoms with van der Waals surface area (Å²) in [5, 5.41) is 23.1. The van der Waals surface area contributed by atoms with Crippen LogP contribution < -0.4 is 14.9 Å². The Morgan fingerprint density at radius 3 is 2.60 bits per heavy atom. The van der Waals surface area contributed by atoms with E-state index in [4.69, 9.17) is 9.47 Å². The molecule has 0 aliphatic heterocycles. The van der Waals surface area contributed by atoms with E-state index >= 15 is 0 Å². The molecule has 0 unspecified atom stereocenters. The van der Waals surface area contributed by atoms with Crippen LogP contribution in [0.1, 0.15) is 5.69 Å². The number of amidine groups is 1. The van der Waals surface area contributed by atoms with Gasteiger partial charge in [0.1, 0.15) is 29.1 Å². The van der Waals surface area contributed by atoms with Crippen molar-refractivity contribution in [2.24, 2.45) is 15.3 Å². The molecule has 152 valence electrons. The fourth-order valence-corrected chi connectivity index (χ4v) is 2.28. The number of azo groups is 1. The van der Waals surface area contributed by atoms with Crippen molar-refractivity contribution in [3.8, 4) is 11.5 Å². The summed E-state index contributed by atoms with van der Waals surface area (Å²) in [6, 6.07) is 13.1. The molecule has 0 aliphatic rings. The highest BCUT2D eigenvalue weighted by Gasteiger charge is 2.09. The number of benzene rings is 1. The van der Waals surface area contributed by atoms with E-state index in [1.807, 2.05) is 0 Å². The van der Waals surface area contributed by atoms with Gasteiger partial charge >= 0.3 is 0 Å². The maximum atomic E-state index is 10.7. The average molecular weight is 407 g/mol. The summed E-state index contributed by atoms with van der Waals surface area (Å²) in [7, 11) is 3.09. The van der Waals surface area contributed by atoms with Crippen molar-refractivity contribution >= 4 is 23.0 Å². The van der Waals surface area contributed by atoms with Crippen molar-refractivity contribution in [1.82, 2.24) is 9.97 Å². The fraction of sp³-hybridized carbons (Fsp3) is 0.105. The summed E-state index contributed by atoms with van der Waals surface area (Å²) in [5.74, 6) is 1.52. The van der Waals surface area contributed by atoms with Crippen molar-refractivity contribution in [3.63, 3.8) is 0 Å². The van der Waals surface area contributed by atoms with E-state index in [1.165, 1.54) is 19.2 Å². The molecule has 11 nitrogen and oxygen atoms in total. The smallest absolute Gasteiger partial charge is 0.287 e. The molecule has 2 heterocycles. The van der Waals surface area contributed by atoms with Gasteiger partial charge in [-0.25, -0.2) is 4.98 Å². The first-order valence-corrected chi connectivity index (χ1v) is 8.60. The molecule has 11 heteroatoms. The lowest BCUT2D eigenvalue weighted by molar-refractivity contribution is -0.385. The number of nitrogens with one attached hydrogen (secondary N) is 1. The van der Waals surface area contributed by atoms with Crippen molar-refractivity contribution in [1.29, 1.82) is 0 Å². The third-order valence-electron chi connectivity index (χ3n) is 3.77. The summed E-state index contributed by atoms with van der Waals surface area (Å²) in [6.45, 7) is 0. The fourth-order valence-electron chi connectivity index (χ4n) is 2.28. The predicted molar refractivity (Wildman–Crippen MR) is 109 cm³/mol. The van der Waals surface area contributed by atoms with Gasteiger partial charge in [0.15, 0.2) is 5.82 Å². The monoisotopic (exact) mass is 407 g/mol. The highest BCUT2D eigenvalue weighted by atomic mass is 16.6. The maximum Gasteiger partial charge on any atom is 0.287 e. The van der Waals surface area contributed by atoms with Gasteiger partial charge in [0.25, 0.3) is 5.69 Å². The zero-order valence-corrected chi connectivity index (χ0v) is 16.1. The number of nitrogens with zero attached hydrogens (tertiary/aromatic N) is 6. The van der Waals surface area contributed by atoms with Crippen molar-refractivity contribution in [2.75, 3.05) is 19.6 Å². The van der Waals surface area contributed by atoms with Gasteiger partial charge in [0.2, 0.25) is 5.84 Å². The molecule has 30 heavy (non-hydrogen) atoms. The normalized spacial score (nSPS) is 11.3. The molecule has 1 N–H and O–H groups in total. The molecular weight excluding hydrogens is 390 g/mol. The van der Waals surface area contributed by atoms with Gasteiger partial charge in [0.05, 0.1) is 19.1 Å². The molecular formula is C19H17N7O4. The van der Waals surface area contributed by atoms with Crippen LogP contribution in [-0.4, -0.2) is 34.9 Å². The van der Waals surface area contributed by atoms with Gasteiger partial charge in [-0.1, -0.05) is 6.07 Å². The Hall–Kier alpha value is -4.41. The number of ether oxygens (including phenoxy) is 2. The molecule has 3 aromatic rings. The van der Waals surface area contributed by atoms with Crippen LogP contribution in [-0.2, 0) is 0 Å². The summed E-state index contributed by atoms with van der Waals surface area (Å²) in [5.41, 5.74) is 3.74. The molecule has 0 saturated heterocycles. The van der Waals surface area contributed by atoms with Crippen molar-refractivity contribution in [3.05, 3.63) is 76.7 Å². The predicted octanol–water partition coefficient (Wildman–Crippen LogP) is 3.96. The average Bonchev–Trinajstić information content (AvgIpc) is 2.79. The third-order valence-corrected chi connectivity index (χ3v) is 3.77. The molecule has 0 fully saturated rings. The van der Waals surface area contributed by atoms with Crippen molar-refractivity contribution in [2.45, 2.75) is 0 Å². The molecule has 0 aliphatic carbocycles. The lowest BCUT2D eigenvalue weighted by Gasteiger charge is -2.10. The Morgan fingerprint density at radius 2 is 1.97 bits per heavy atom. The molecule has 0 amide bonds. The molecule has 0 saturated carbocycles. The van der Waals surface area contributed by atoms with Crippen LogP contribution in [0.4, 0.5) is 17.2 Å². The van der Waals surface area contributed by atoms with Crippen LogP contribution in [0, 0.1) is 10.1 Å². The zero-order valence-electron chi connectivity index (χ0n) is 16.1. The first-order chi connectivity index (χ1) is 14.6. The summed E-state index contributed by atoms with van der Waals surface area (Å²) >= 11 is 0. The second-order valence-corrected chi connectivity index (χ2v) is 5.66.